The topological polar surface area (TPSA) is 95.2 Å². The van der Waals surface area contributed by atoms with Gasteiger partial charge in [0.1, 0.15) is 10.7 Å². The van der Waals surface area contributed by atoms with Gasteiger partial charge in [-0.15, -0.1) is 11.3 Å². The molecule has 1 aromatic carbocycles. The van der Waals surface area contributed by atoms with Gasteiger partial charge in [0.15, 0.2) is 0 Å². The molecule has 0 atom stereocenters. The van der Waals surface area contributed by atoms with Crippen molar-refractivity contribution in [3.8, 4) is 0 Å². The van der Waals surface area contributed by atoms with Crippen LogP contribution in [0.5, 0.6) is 0 Å². The molecule has 0 unspecified atom stereocenters. The zero-order chi connectivity index (χ0) is 23.9. The van der Waals surface area contributed by atoms with Gasteiger partial charge < -0.3 is 15.2 Å². The molecule has 1 aliphatic carbocycles. The average molecular weight is 499 g/mol. The summed E-state index contributed by atoms with van der Waals surface area (Å²) in [6.07, 6.45) is 4.63. The van der Waals surface area contributed by atoms with Crippen molar-refractivity contribution in [3.63, 3.8) is 0 Å². The summed E-state index contributed by atoms with van der Waals surface area (Å²) in [5.74, 6) is 1.53. The first-order valence-electron chi connectivity index (χ1n) is 11.7. The van der Waals surface area contributed by atoms with E-state index in [4.69, 9.17) is 0 Å². The molecule has 0 bridgehead atoms. The lowest BCUT2D eigenvalue weighted by Crippen LogP contribution is -2.39. The van der Waals surface area contributed by atoms with Crippen LogP contribution in [0.2, 0.25) is 0 Å². The summed E-state index contributed by atoms with van der Waals surface area (Å²) in [7, 11) is 0. The quantitative estimate of drug-likeness (QED) is 0.416. The van der Waals surface area contributed by atoms with Crippen molar-refractivity contribution in [3.05, 3.63) is 62.5 Å². The maximum absolute atomic E-state index is 12.6. The Hall–Kier alpha value is -2.65. The van der Waals surface area contributed by atoms with Gasteiger partial charge in [-0.2, -0.15) is 11.8 Å². The number of thioether (sulfide) groups is 1. The van der Waals surface area contributed by atoms with E-state index >= 15 is 0 Å². The van der Waals surface area contributed by atoms with Gasteiger partial charge in [0.2, 0.25) is 11.8 Å². The van der Waals surface area contributed by atoms with E-state index in [0.717, 1.165) is 35.0 Å². The van der Waals surface area contributed by atoms with Crippen LogP contribution in [0.15, 0.2) is 35.1 Å². The van der Waals surface area contributed by atoms with Crippen LogP contribution in [0, 0.1) is 0 Å². The summed E-state index contributed by atoms with van der Waals surface area (Å²) in [4.78, 5) is 48.8. The number of aromatic amines is 1. The molecule has 0 radical (unpaired) electrons. The summed E-state index contributed by atoms with van der Waals surface area (Å²) in [5, 5.41) is 3.50. The van der Waals surface area contributed by atoms with Crippen LogP contribution >= 0.6 is 23.1 Å². The number of rotatable bonds is 10. The fourth-order valence-electron chi connectivity index (χ4n) is 4.17. The molecule has 2 aromatic heterocycles. The van der Waals surface area contributed by atoms with Gasteiger partial charge in [-0.05, 0) is 43.7 Å². The number of hydrogen-bond acceptors (Lipinski definition) is 6. The highest BCUT2D eigenvalue weighted by Crippen LogP contribution is 2.33. The highest BCUT2D eigenvalue weighted by atomic mass is 32.2. The second-order valence-corrected chi connectivity index (χ2v) is 10.6. The molecule has 9 heteroatoms. The minimum absolute atomic E-state index is 0.00123. The van der Waals surface area contributed by atoms with Crippen molar-refractivity contribution in [2.75, 3.05) is 18.8 Å². The van der Waals surface area contributed by atoms with Crippen LogP contribution < -0.4 is 10.9 Å². The van der Waals surface area contributed by atoms with E-state index in [2.05, 4.69) is 15.3 Å². The number of carbonyl (C=O) groups excluding carboxylic acids is 2. The minimum Gasteiger partial charge on any atom is -0.347 e. The van der Waals surface area contributed by atoms with Crippen molar-refractivity contribution in [1.82, 2.24) is 20.2 Å². The largest absolute Gasteiger partial charge is 0.347 e. The van der Waals surface area contributed by atoms with Gasteiger partial charge in [0.25, 0.3) is 5.56 Å². The first-order chi connectivity index (χ1) is 16.5. The number of likely N-dealkylation sites (N-methyl/N-ethyl adjacent to an activating group) is 1. The molecule has 0 saturated carbocycles. The molecule has 0 saturated heterocycles. The van der Waals surface area contributed by atoms with Gasteiger partial charge in [-0.3, -0.25) is 14.4 Å². The molecule has 0 aliphatic heterocycles. The Bertz CT molecular complexity index is 1210. The SMILES string of the molecule is CCN(Cc1ccccc1)C(=O)CNC(=O)CCSCc1nc2sc3c(c2c(=O)[nH]1)CCCC3. The minimum atomic E-state index is -0.153. The predicted octanol–water partition coefficient (Wildman–Crippen LogP) is 3.65. The Morgan fingerprint density at radius 3 is 2.79 bits per heavy atom. The van der Waals surface area contributed by atoms with Crippen molar-refractivity contribution in [1.29, 1.82) is 0 Å². The molecule has 7 nitrogen and oxygen atoms in total. The summed E-state index contributed by atoms with van der Waals surface area (Å²) in [6, 6.07) is 9.81. The normalized spacial score (nSPS) is 13.0. The maximum atomic E-state index is 12.6. The Kier molecular flexibility index (Phi) is 8.39. The molecule has 34 heavy (non-hydrogen) atoms. The zero-order valence-corrected chi connectivity index (χ0v) is 21.0. The number of benzene rings is 1. The van der Waals surface area contributed by atoms with Crippen LogP contribution in [0.25, 0.3) is 10.2 Å². The van der Waals surface area contributed by atoms with Crippen LogP contribution in [0.1, 0.15) is 48.0 Å². The number of fused-ring (bicyclic) bond motifs is 3. The maximum Gasteiger partial charge on any atom is 0.259 e. The Morgan fingerprint density at radius 1 is 1.21 bits per heavy atom. The number of nitrogens with zero attached hydrogens (tertiary/aromatic N) is 2. The lowest BCUT2D eigenvalue weighted by molar-refractivity contribution is -0.133. The molecule has 1 aliphatic rings. The summed E-state index contributed by atoms with van der Waals surface area (Å²) in [5.41, 5.74) is 2.20. The molecular weight excluding hydrogens is 468 g/mol. The number of hydrogen-bond donors (Lipinski definition) is 2. The fourth-order valence-corrected chi connectivity index (χ4v) is 6.25. The van der Waals surface area contributed by atoms with Crippen LogP contribution in [-0.4, -0.2) is 45.5 Å². The van der Waals surface area contributed by atoms with Crippen LogP contribution in [-0.2, 0) is 34.7 Å². The monoisotopic (exact) mass is 498 g/mol. The molecule has 2 heterocycles. The predicted molar refractivity (Wildman–Crippen MR) is 138 cm³/mol. The van der Waals surface area contributed by atoms with E-state index in [1.807, 2.05) is 37.3 Å². The summed E-state index contributed by atoms with van der Waals surface area (Å²) in [6.45, 7) is 3.05. The molecule has 3 aromatic rings. The van der Waals surface area contributed by atoms with E-state index in [1.54, 1.807) is 28.0 Å². The molecule has 0 spiro atoms. The smallest absolute Gasteiger partial charge is 0.259 e. The number of carbonyl (C=O) groups is 2. The van der Waals surface area contributed by atoms with E-state index in [0.29, 0.717) is 36.8 Å². The number of aromatic nitrogens is 2. The lowest BCUT2D eigenvalue weighted by atomic mass is 9.97. The first-order valence-corrected chi connectivity index (χ1v) is 13.7. The highest BCUT2D eigenvalue weighted by molar-refractivity contribution is 7.98. The van der Waals surface area contributed by atoms with E-state index in [-0.39, 0.29) is 23.9 Å². The van der Waals surface area contributed by atoms with Crippen molar-refractivity contribution < 1.29 is 9.59 Å². The van der Waals surface area contributed by atoms with Crippen LogP contribution in [0.4, 0.5) is 0 Å². The Balaban J connectivity index is 1.21. The van der Waals surface area contributed by atoms with Gasteiger partial charge in [0, 0.05) is 30.1 Å². The average Bonchev–Trinajstić information content (AvgIpc) is 3.23. The molecular formula is C25H30N4O3S2. The fraction of sp³-hybridized carbons (Fsp3) is 0.440. The first kappa shape index (κ1) is 24.5. The van der Waals surface area contributed by atoms with Gasteiger partial charge in [-0.25, -0.2) is 4.98 Å². The second kappa shape index (κ2) is 11.7. The summed E-state index contributed by atoms with van der Waals surface area (Å²) >= 11 is 3.19. The Labute approximate surface area is 207 Å². The Morgan fingerprint density at radius 2 is 2.00 bits per heavy atom. The third kappa shape index (κ3) is 6.07. The number of amides is 2. The third-order valence-electron chi connectivity index (χ3n) is 5.97. The second-order valence-electron chi connectivity index (χ2n) is 8.38. The van der Waals surface area contributed by atoms with Crippen LogP contribution in [0.3, 0.4) is 0 Å². The van der Waals surface area contributed by atoms with E-state index < -0.39 is 0 Å². The van der Waals surface area contributed by atoms with Gasteiger partial charge >= 0.3 is 0 Å². The number of aryl methyl sites for hydroxylation is 2. The highest BCUT2D eigenvalue weighted by Gasteiger charge is 2.20. The molecule has 0 fully saturated rings. The van der Waals surface area contributed by atoms with Gasteiger partial charge in [0.05, 0.1) is 17.7 Å². The standard InChI is InChI=1S/C25H30N4O3S2/c1-2-29(15-17-8-4-3-5-9-17)22(31)14-26-21(30)12-13-33-16-20-27-24(32)23-18-10-6-7-11-19(18)34-25(23)28-20/h3-5,8-9H,2,6-7,10-16H2,1H3,(H,26,30)(H,27,28,32). The molecule has 2 N–H and O–H groups in total. The van der Waals surface area contributed by atoms with Crippen molar-refractivity contribution >= 4 is 45.1 Å². The molecule has 4 rings (SSSR count). The van der Waals surface area contributed by atoms with E-state index in [1.165, 1.54) is 16.9 Å². The van der Waals surface area contributed by atoms with Crippen molar-refractivity contribution in [2.24, 2.45) is 0 Å². The number of nitrogens with one attached hydrogen (secondary N) is 2. The number of thiophene rings is 1. The number of H-pyrrole nitrogens is 1. The van der Waals surface area contributed by atoms with Gasteiger partial charge in [-0.1, -0.05) is 30.3 Å². The lowest BCUT2D eigenvalue weighted by Gasteiger charge is -2.21. The van der Waals surface area contributed by atoms with E-state index in [9.17, 15) is 14.4 Å². The molecule has 2 amide bonds. The van der Waals surface area contributed by atoms with Crippen molar-refractivity contribution in [2.45, 2.75) is 51.3 Å². The zero-order valence-electron chi connectivity index (χ0n) is 19.4. The third-order valence-corrected chi connectivity index (χ3v) is 8.13. The molecule has 180 valence electrons. The summed E-state index contributed by atoms with van der Waals surface area (Å²) < 4.78 is 0.